The van der Waals surface area contributed by atoms with Crippen molar-refractivity contribution in [1.29, 1.82) is 0 Å². The Labute approximate surface area is 84.3 Å². The smallest absolute Gasteiger partial charge is 0.0483 e. The number of rotatable bonds is 5. The zero-order valence-corrected chi connectivity index (χ0v) is 8.44. The average Bonchev–Trinajstić information content (AvgIpc) is 2.18. The van der Waals surface area contributed by atoms with E-state index in [9.17, 15) is 0 Å². The molecule has 1 atom stereocenters. The van der Waals surface area contributed by atoms with Gasteiger partial charge in [0, 0.05) is 42.9 Å². The zero-order chi connectivity index (χ0) is 10.4. The van der Waals surface area contributed by atoms with Gasteiger partial charge < -0.3 is 16.2 Å². The number of nitrogens with zero attached hydrogens (tertiary/aromatic N) is 1. The van der Waals surface area contributed by atoms with Gasteiger partial charge in [0.15, 0.2) is 0 Å². The Bertz CT molecular complexity index is 278. The van der Waals surface area contributed by atoms with Gasteiger partial charge in [0.2, 0.25) is 0 Å². The summed E-state index contributed by atoms with van der Waals surface area (Å²) >= 11 is 0. The van der Waals surface area contributed by atoms with Gasteiger partial charge in [-0.2, -0.15) is 0 Å². The molecule has 0 bridgehead atoms. The van der Waals surface area contributed by atoms with Gasteiger partial charge in [-0.25, -0.2) is 0 Å². The fourth-order valence-electron chi connectivity index (χ4n) is 1.24. The molecule has 0 aliphatic carbocycles. The van der Waals surface area contributed by atoms with Crippen molar-refractivity contribution in [2.24, 2.45) is 5.73 Å². The number of anilines is 1. The quantitative estimate of drug-likeness (QED) is 0.690. The molecule has 0 radical (unpaired) electrons. The van der Waals surface area contributed by atoms with Crippen LogP contribution in [0.3, 0.4) is 0 Å². The van der Waals surface area contributed by atoms with Gasteiger partial charge in [-0.3, -0.25) is 4.98 Å². The Hall–Kier alpha value is -1.13. The molecule has 1 rings (SSSR count). The van der Waals surface area contributed by atoms with E-state index < -0.39 is 0 Å². The number of ether oxygens (including phenoxy) is 1. The first-order valence-electron chi connectivity index (χ1n) is 4.78. The Morgan fingerprint density at radius 2 is 2.36 bits per heavy atom. The zero-order valence-electron chi connectivity index (χ0n) is 8.44. The molecule has 1 aromatic rings. The summed E-state index contributed by atoms with van der Waals surface area (Å²) < 4.78 is 5.22. The lowest BCUT2D eigenvalue weighted by Crippen LogP contribution is -2.15. The molecule has 0 fully saturated rings. The van der Waals surface area contributed by atoms with Crippen molar-refractivity contribution in [3.8, 4) is 0 Å². The Morgan fingerprint density at radius 3 is 3.00 bits per heavy atom. The molecule has 4 nitrogen and oxygen atoms in total. The highest BCUT2D eigenvalue weighted by Gasteiger charge is 2.08. The second-order valence-corrected chi connectivity index (χ2v) is 3.10. The van der Waals surface area contributed by atoms with Gasteiger partial charge in [-0.05, 0) is 19.4 Å². The molecular weight excluding hydrogens is 178 g/mol. The molecule has 0 aliphatic heterocycles. The van der Waals surface area contributed by atoms with Crippen LogP contribution in [-0.4, -0.2) is 18.2 Å². The standard InChI is InChI=1S/C10H17N3O/c1-2-14-6-4-10(12)8-7-13-5-3-9(8)11/h3,5,7,10H,2,4,6,12H2,1H3,(H2,11,13). The maximum Gasteiger partial charge on any atom is 0.0483 e. The van der Waals surface area contributed by atoms with E-state index in [2.05, 4.69) is 4.98 Å². The highest BCUT2D eigenvalue weighted by Crippen LogP contribution is 2.19. The molecule has 0 saturated heterocycles. The van der Waals surface area contributed by atoms with E-state index >= 15 is 0 Å². The van der Waals surface area contributed by atoms with Crippen molar-refractivity contribution in [2.45, 2.75) is 19.4 Å². The van der Waals surface area contributed by atoms with E-state index in [0.29, 0.717) is 12.3 Å². The van der Waals surface area contributed by atoms with Gasteiger partial charge in [-0.15, -0.1) is 0 Å². The van der Waals surface area contributed by atoms with Crippen molar-refractivity contribution < 1.29 is 4.74 Å². The number of hydrogen-bond donors (Lipinski definition) is 2. The van der Waals surface area contributed by atoms with Crippen molar-refractivity contribution in [1.82, 2.24) is 4.98 Å². The Kier molecular flexibility index (Phi) is 4.35. The maximum absolute atomic E-state index is 5.94. The first-order chi connectivity index (χ1) is 6.75. The largest absolute Gasteiger partial charge is 0.398 e. The monoisotopic (exact) mass is 195 g/mol. The second-order valence-electron chi connectivity index (χ2n) is 3.10. The van der Waals surface area contributed by atoms with Gasteiger partial charge in [0.05, 0.1) is 0 Å². The summed E-state index contributed by atoms with van der Waals surface area (Å²) in [5, 5.41) is 0. The molecular formula is C10H17N3O. The molecule has 1 unspecified atom stereocenters. The molecule has 4 heteroatoms. The Morgan fingerprint density at radius 1 is 1.57 bits per heavy atom. The van der Waals surface area contributed by atoms with Crippen LogP contribution in [0.25, 0.3) is 0 Å². The average molecular weight is 195 g/mol. The molecule has 0 amide bonds. The van der Waals surface area contributed by atoms with Gasteiger partial charge in [-0.1, -0.05) is 0 Å². The number of hydrogen-bond acceptors (Lipinski definition) is 4. The third kappa shape index (κ3) is 2.97. The first-order valence-corrected chi connectivity index (χ1v) is 4.78. The van der Waals surface area contributed by atoms with Crippen LogP contribution in [-0.2, 0) is 4.74 Å². The molecule has 78 valence electrons. The minimum atomic E-state index is -0.0877. The lowest BCUT2D eigenvalue weighted by Gasteiger charge is -2.13. The SMILES string of the molecule is CCOCCC(N)c1cnccc1N. The second kappa shape index (κ2) is 5.57. The minimum absolute atomic E-state index is 0.0877. The molecule has 14 heavy (non-hydrogen) atoms. The number of nitrogen functional groups attached to an aromatic ring is 1. The molecule has 0 spiro atoms. The third-order valence-corrected chi connectivity index (χ3v) is 2.06. The predicted molar refractivity (Wildman–Crippen MR) is 56.7 cm³/mol. The first kappa shape index (κ1) is 10.9. The van der Waals surface area contributed by atoms with E-state index in [4.69, 9.17) is 16.2 Å². The van der Waals surface area contributed by atoms with Gasteiger partial charge in [0.25, 0.3) is 0 Å². The summed E-state index contributed by atoms with van der Waals surface area (Å²) in [6, 6.07) is 1.67. The summed E-state index contributed by atoms with van der Waals surface area (Å²) in [7, 11) is 0. The van der Waals surface area contributed by atoms with E-state index in [1.54, 1.807) is 18.5 Å². The summed E-state index contributed by atoms with van der Waals surface area (Å²) in [5.74, 6) is 0. The summed E-state index contributed by atoms with van der Waals surface area (Å²) in [6.45, 7) is 3.34. The maximum atomic E-state index is 5.94. The van der Waals surface area contributed by atoms with Crippen molar-refractivity contribution in [3.05, 3.63) is 24.0 Å². The summed E-state index contributed by atoms with van der Waals surface area (Å²) in [4.78, 5) is 3.99. The summed E-state index contributed by atoms with van der Waals surface area (Å²) in [6.07, 6.45) is 4.14. The van der Waals surface area contributed by atoms with Crippen LogP contribution in [0.1, 0.15) is 24.9 Å². The predicted octanol–water partition coefficient (Wildman–Crippen LogP) is 1.09. The van der Waals surface area contributed by atoms with Gasteiger partial charge in [0.1, 0.15) is 0 Å². The topological polar surface area (TPSA) is 74.2 Å². The Balaban J connectivity index is 2.51. The molecule has 4 N–H and O–H groups in total. The van der Waals surface area contributed by atoms with Crippen LogP contribution >= 0.6 is 0 Å². The normalized spacial score (nSPS) is 12.7. The van der Waals surface area contributed by atoms with Crippen LogP contribution in [0.4, 0.5) is 5.69 Å². The van der Waals surface area contributed by atoms with Crippen molar-refractivity contribution >= 4 is 5.69 Å². The lowest BCUT2D eigenvalue weighted by atomic mass is 10.1. The third-order valence-electron chi connectivity index (χ3n) is 2.06. The van der Waals surface area contributed by atoms with E-state index in [1.807, 2.05) is 6.92 Å². The van der Waals surface area contributed by atoms with Crippen LogP contribution in [0, 0.1) is 0 Å². The van der Waals surface area contributed by atoms with Crippen molar-refractivity contribution in [3.63, 3.8) is 0 Å². The fraction of sp³-hybridized carbons (Fsp3) is 0.500. The highest BCUT2D eigenvalue weighted by molar-refractivity contribution is 5.45. The number of pyridine rings is 1. The van der Waals surface area contributed by atoms with Crippen LogP contribution in [0.2, 0.25) is 0 Å². The minimum Gasteiger partial charge on any atom is -0.398 e. The molecule has 1 heterocycles. The summed E-state index contributed by atoms with van der Waals surface area (Å²) in [5.41, 5.74) is 13.3. The number of nitrogens with two attached hydrogens (primary N) is 2. The van der Waals surface area contributed by atoms with Crippen LogP contribution in [0.5, 0.6) is 0 Å². The molecule has 1 aromatic heterocycles. The molecule has 0 aliphatic rings. The van der Waals surface area contributed by atoms with Gasteiger partial charge >= 0.3 is 0 Å². The van der Waals surface area contributed by atoms with E-state index in [0.717, 1.165) is 18.6 Å². The lowest BCUT2D eigenvalue weighted by molar-refractivity contribution is 0.140. The van der Waals surface area contributed by atoms with E-state index in [1.165, 1.54) is 0 Å². The fourth-order valence-corrected chi connectivity index (χ4v) is 1.24. The van der Waals surface area contributed by atoms with Crippen LogP contribution < -0.4 is 11.5 Å². The van der Waals surface area contributed by atoms with Crippen molar-refractivity contribution in [2.75, 3.05) is 18.9 Å². The highest BCUT2D eigenvalue weighted by atomic mass is 16.5. The van der Waals surface area contributed by atoms with E-state index in [-0.39, 0.29) is 6.04 Å². The van der Waals surface area contributed by atoms with Crippen LogP contribution in [0.15, 0.2) is 18.5 Å². The molecule has 0 saturated carbocycles. The molecule has 0 aromatic carbocycles. The number of aromatic nitrogens is 1.